The summed E-state index contributed by atoms with van der Waals surface area (Å²) in [5.41, 5.74) is 0. The monoisotopic (exact) mass is 322 g/mol. The Bertz CT molecular complexity index is 585. The van der Waals surface area contributed by atoms with Crippen LogP contribution in [0.4, 0.5) is 0 Å². The van der Waals surface area contributed by atoms with Gasteiger partial charge in [-0.3, -0.25) is 0 Å². The normalized spacial score (nSPS) is 26.0. The van der Waals surface area contributed by atoms with Crippen molar-refractivity contribution in [2.45, 2.75) is 37.0 Å². The molecule has 2 aliphatic rings. The molecule has 0 spiro atoms. The van der Waals surface area contributed by atoms with E-state index in [-0.39, 0.29) is 30.4 Å². The zero-order valence-corrected chi connectivity index (χ0v) is 12.7. The van der Waals surface area contributed by atoms with E-state index in [2.05, 4.69) is 4.99 Å². The lowest BCUT2D eigenvalue weighted by Gasteiger charge is -2.33. The number of hydrogen-bond donors (Lipinski definition) is 0. The highest BCUT2D eigenvalue weighted by molar-refractivity contribution is 7.92. The van der Waals surface area contributed by atoms with Crippen LogP contribution >= 0.6 is 0 Å². The van der Waals surface area contributed by atoms with Gasteiger partial charge in [-0.2, -0.15) is 0 Å². The van der Waals surface area contributed by atoms with Gasteiger partial charge in [-0.25, -0.2) is 30.9 Å². The summed E-state index contributed by atoms with van der Waals surface area (Å²) >= 11 is 0. The van der Waals surface area contributed by atoms with Crippen molar-refractivity contribution >= 4 is 25.9 Å². The van der Waals surface area contributed by atoms with Crippen LogP contribution in [0.3, 0.4) is 0 Å². The van der Waals surface area contributed by atoms with Crippen LogP contribution in [0.1, 0.15) is 25.7 Å². The molecule has 0 N–H and O–H groups in total. The predicted octanol–water partition coefficient (Wildman–Crippen LogP) is -0.306. The van der Waals surface area contributed by atoms with Crippen LogP contribution in [-0.2, 0) is 24.7 Å². The third kappa shape index (κ3) is 3.46. The largest absolute Gasteiger partial charge is 0.235 e. The van der Waals surface area contributed by atoms with Crippen molar-refractivity contribution in [3.05, 3.63) is 0 Å². The number of piperidine rings is 1. The number of nitrogens with zero attached hydrogens (tertiary/aromatic N) is 2. The fourth-order valence-corrected chi connectivity index (χ4v) is 6.44. The van der Waals surface area contributed by atoms with Gasteiger partial charge in [0, 0.05) is 13.1 Å². The molecule has 0 radical (unpaired) electrons. The highest BCUT2D eigenvalue weighted by Crippen LogP contribution is 2.25. The van der Waals surface area contributed by atoms with E-state index in [4.69, 9.17) is 0 Å². The van der Waals surface area contributed by atoms with Crippen LogP contribution in [0.2, 0.25) is 0 Å². The average molecular weight is 322 g/mol. The molecule has 0 amide bonds. The van der Waals surface area contributed by atoms with Crippen molar-refractivity contribution < 1.29 is 21.6 Å². The molecule has 0 saturated carbocycles. The van der Waals surface area contributed by atoms with Crippen LogP contribution in [0.25, 0.3) is 0 Å². The van der Waals surface area contributed by atoms with Gasteiger partial charge in [-0.15, -0.1) is 0 Å². The Morgan fingerprint density at radius 1 is 1.05 bits per heavy atom. The van der Waals surface area contributed by atoms with Crippen molar-refractivity contribution in [2.24, 2.45) is 4.99 Å². The molecule has 7 nitrogen and oxygen atoms in total. The first-order chi connectivity index (χ1) is 9.35. The zero-order valence-electron chi connectivity index (χ0n) is 11.1. The lowest BCUT2D eigenvalue weighted by molar-refractivity contribution is 0.316. The number of isocyanates is 1. The SMILES string of the molecule is O=C=NC1CCN(S(=O)(=O)C2CCS(=O)(=O)CC2)CC1. The van der Waals surface area contributed by atoms with E-state index in [9.17, 15) is 21.6 Å². The molecule has 0 aromatic carbocycles. The van der Waals surface area contributed by atoms with Gasteiger partial charge in [-0.05, 0) is 25.7 Å². The molecule has 0 aromatic heterocycles. The number of carbonyl (C=O) groups excluding carboxylic acids is 1. The van der Waals surface area contributed by atoms with Gasteiger partial charge in [0.15, 0.2) is 0 Å². The van der Waals surface area contributed by atoms with Gasteiger partial charge in [0.1, 0.15) is 9.84 Å². The topological polar surface area (TPSA) is 101 Å². The third-order valence-electron chi connectivity index (χ3n) is 3.94. The van der Waals surface area contributed by atoms with Crippen molar-refractivity contribution in [1.82, 2.24) is 4.31 Å². The fraction of sp³-hybridized carbons (Fsp3) is 0.909. The molecule has 0 aromatic rings. The molecule has 2 saturated heterocycles. The predicted molar refractivity (Wildman–Crippen MR) is 73.3 cm³/mol. The van der Waals surface area contributed by atoms with Gasteiger partial charge in [0.25, 0.3) is 0 Å². The van der Waals surface area contributed by atoms with E-state index in [1.165, 1.54) is 10.4 Å². The second-order valence-electron chi connectivity index (χ2n) is 5.25. The van der Waals surface area contributed by atoms with Gasteiger partial charge in [-0.1, -0.05) is 0 Å². The number of sulfonamides is 1. The summed E-state index contributed by atoms with van der Waals surface area (Å²) in [5, 5.41) is -0.600. The van der Waals surface area contributed by atoms with Crippen LogP contribution < -0.4 is 0 Å². The Balaban J connectivity index is 2.00. The molecular weight excluding hydrogens is 304 g/mol. The second kappa shape index (κ2) is 5.93. The summed E-state index contributed by atoms with van der Waals surface area (Å²) in [5.74, 6) is -0.106. The minimum absolute atomic E-state index is 0.0528. The number of sulfone groups is 1. The Morgan fingerprint density at radius 3 is 2.10 bits per heavy atom. The smallest absolute Gasteiger partial charge is 0.229 e. The first kappa shape index (κ1) is 15.6. The molecule has 2 aliphatic heterocycles. The Hall–Kier alpha value is -0.760. The highest BCUT2D eigenvalue weighted by Gasteiger charge is 2.38. The quantitative estimate of drug-likeness (QED) is 0.524. The Morgan fingerprint density at radius 2 is 1.60 bits per heavy atom. The molecule has 2 rings (SSSR count). The molecule has 2 fully saturated rings. The van der Waals surface area contributed by atoms with E-state index < -0.39 is 25.1 Å². The zero-order chi connectivity index (χ0) is 14.8. The average Bonchev–Trinajstić information content (AvgIpc) is 2.39. The molecule has 0 atom stereocenters. The molecular formula is C11H18N2O5S2. The van der Waals surface area contributed by atoms with Crippen LogP contribution in [-0.4, -0.2) is 63.1 Å². The van der Waals surface area contributed by atoms with Crippen molar-refractivity contribution in [1.29, 1.82) is 0 Å². The number of hydrogen-bond acceptors (Lipinski definition) is 6. The molecule has 114 valence electrons. The number of aliphatic imine (C=N–C) groups is 1. The van der Waals surface area contributed by atoms with E-state index in [0.717, 1.165) is 0 Å². The summed E-state index contributed by atoms with van der Waals surface area (Å²) < 4.78 is 49.0. The number of rotatable bonds is 3. The van der Waals surface area contributed by atoms with E-state index in [0.29, 0.717) is 25.9 Å². The fourth-order valence-electron chi connectivity index (χ4n) is 2.68. The highest BCUT2D eigenvalue weighted by atomic mass is 32.2. The van der Waals surface area contributed by atoms with Gasteiger partial charge >= 0.3 is 0 Å². The second-order valence-corrected chi connectivity index (χ2v) is 9.76. The molecule has 2 heterocycles. The van der Waals surface area contributed by atoms with Crippen molar-refractivity contribution in [2.75, 3.05) is 24.6 Å². The first-order valence-corrected chi connectivity index (χ1v) is 9.94. The maximum absolute atomic E-state index is 12.4. The van der Waals surface area contributed by atoms with E-state index in [1.807, 2.05) is 0 Å². The van der Waals surface area contributed by atoms with Crippen molar-refractivity contribution in [3.63, 3.8) is 0 Å². The minimum atomic E-state index is -3.44. The minimum Gasteiger partial charge on any atom is -0.229 e. The van der Waals surface area contributed by atoms with Gasteiger partial charge < -0.3 is 0 Å². The third-order valence-corrected chi connectivity index (χ3v) is 8.06. The molecule has 0 bridgehead atoms. The van der Waals surface area contributed by atoms with Crippen LogP contribution in [0.15, 0.2) is 4.99 Å². The maximum atomic E-state index is 12.4. The van der Waals surface area contributed by atoms with Gasteiger partial charge in [0.2, 0.25) is 16.1 Å². The summed E-state index contributed by atoms with van der Waals surface area (Å²) in [7, 11) is -6.51. The summed E-state index contributed by atoms with van der Waals surface area (Å²) in [6.07, 6.45) is 2.89. The summed E-state index contributed by atoms with van der Waals surface area (Å²) in [4.78, 5) is 13.8. The molecule has 20 heavy (non-hydrogen) atoms. The molecule has 0 unspecified atom stereocenters. The lowest BCUT2D eigenvalue weighted by Crippen LogP contribution is -2.46. The Labute approximate surface area is 119 Å². The maximum Gasteiger partial charge on any atom is 0.235 e. The summed E-state index contributed by atoms with van der Waals surface area (Å²) in [6, 6.07) is -0.148. The van der Waals surface area contributed by atoms with Crippen LogP contribution in [0.5, 0.6) is 0 Å². The van der Waals surface area contributed by atoms with Gasteiger partial charge in [0.05, 0.1) is 22.8 Å². The Kier molecular flexibility index (Phi) is 4.63. The standard InChI is InChI=1S/C11H18N2O5S2/c14-9-12-10-1-5-13(6-2-10)20(17,18)11-3-7-19(15,16)8-4-11/h10-11H,1-8H2. The van der Waals surface area contributed by atoms with E-state index in [1.54, 1.807) is 0 Å². The first-order valence-electron chi connectivity index (χ1n) is 6.61. The lowest BCUT2D eigenvalue weighted by atomic mass is 10.1. The van der Waals surface area contributed by atoms with Crippen LogP contribution in [0, 0.1) is 0 Å². The van der Waals surface area contributed by atoms with Crippen molar-refractivity contribution in [3.8, 4) is 0 Å². The van der Waals surface area contributed by atoms with E-state index >= 15 is 0 Å². The summed E-state index contributed by atoms with van der Waals surface area (Å²) in [6.45, 7) is 0.670. The molecule has 0 aliphatic carbocycles. The molecule has 9 heteroatoms.